The maximum Gasteiger partial charge on any atom is 0.329 e. The van der Waals surface area contributed by atoms with Gasteiger partial charge in [-0.05, 0) is 17.7 Å². The monoisotopic (exact) mass is 304 g/mol. The zero-order valence-corrected chi connectivity index (χ0v) is 10.6. The molecule has 1 aromatic carbocycles. The Labute approximate surface area is 115 Å². The van der Waals surface area contributed by atoms with Crippen LogP contribution in [-0.4, -0.2) is 16.0 Å². The molecule has 0 aliphatic carbocycles. The number of hydrogen-bond donors (Lipinski definition) is 1. The summed E-state index contributed by atoms with van der Waals surface area (Å²) in [7, 11) is 0. The van der Waals surface area contributed by atoms with Crippen LogP contribution in [0.15, 0.2) is 33.9 Å². The van der Waals surface area contributed by atoms with Crippen molar-refractivity contribution in [1.82, 2.24) is 9.55 Å². The van der Waals surface area contributed by atoms with E-state index in [4.69, 9.17) is 11.6 Å². The summed E-state index contributed by atoms with van der Waals surface area (Å²) in [6.45, 7) is -1.06. The lowest BCUT2D eigenvalue weighted by atomic mass is 10.1. The first-order chi connectivity index (χ1) is 9.40. The summed E-state index contributed by atoms with van der Waals surface area (Å²) in [5.74, 6) is -0.621. The van der Waals surface area contributed by atoms with Gasteiger partial charge in [-0.2, -0.15) is 0 Å². The van der Waals surface area contributed by atoms with Crippen LogP contribution in [0.4, 0.5) is 13.2 Å². The third kappa shape index (κ3) is 2.77. The summed E-state index contributed by atoms with van der Waals surface area (Å²) in [6, 6.07) is 4.90. The maximum atomic E-state index is 13.2. The van der Waals surface area contributed by atoms with Crippen molar-refractivity contribution in [3.8, 4) is 11.1 Å². The third-order valence-corrected chi connectivity index (χ3v) is 2.86. The van der Waals surface area contributed by atoms with Crippen LogP contribution >= 0.6 is 11.6 Å². The lowest BCUT2D eigenvalue weighted by Gasteiger charge is -2.08. The van der Waals surface area contributed by atoms with E-state index in [0.717, 1.165) is 12.1 Å². The van der Waals surface area contributed by atoms with Crippen molar-refractivity contribution in [2.45, 2.75) is 13.0 Å². The quantitative estimate of drug-likeness (QED) is 0.884. The zero-order valence-electron chi connectivity index (χ0n) is 9.87. The van der Waals surface area contributed by atoms with Crippen LogP contribution in [0.1, 0.15) is 0 Å². The molecule has 0 saturated heterocycles. The summed E-state index contributed by atoms with van der Waals surface area (Å²) in [6.07, 6.45) is -2.88. The minimum Gasteiger partial charge on any atom is -0.297 e. The van der Waals surface area contributed by atoms with Crippen molar-refractivity contribution in [3.05, 3.63) is 56.1 Å². The van der Waals surface area contributed by atoms with E-state index in [9.17, 15) is 22.8 Å². The van der Waals surface area contributed by atoms with Crippen molar-refractivity contribution in [2.24, 2.45) is 0 Å². The first-order valence-electron chi connectivity index (χ1n) is 5.47. The molecule has 0 amide bonds. The number of benzene rings is 1. The molecule has 0 spiro atoms. The van der Waals surface area contributed by atoms with Crippen LogP contribution in [0.3, 0.4) is 0 Å². The van der Waals surface area contributed by atoms with E-state index < -0.39 is 30.0 Å². The van der Waals surface area contributed by atoms with Crippen LogP contribution in [0, 0.1) is 5.82 Å². The average molecular weight is 305 g/mol. The van der Waals surface area contributed by atoms with E-state index in [0.29, 0.717) is 4.57 Å². The van der Waals surface area contributed by atoms with Gasteiger partial charge in [-0.3, -0.25) is 14.3 Å². The Kier molecular flexibility index (Phi) is 3.99. The van der Waals surface area contributed by atoms with Crippen LogP contribution in [-0.2, 0) is 6.54 Å². The number of H-pyrrole nitrogens is 1. The van der Waals surface area contributed by atoms with Gasteiger partial charge in [-0.15, -0.1) is 0 Å². The SMILES string of the molecule is O=c1[nH]c(Cl)c(-c2cccc(F)c2)c(=O)n1CC(F)F. The number of alkyl halides is 2. The van der Waals surface area contributed by atoms with E-state index in [2.05, 4.69) is 4.98 Å². The van der Waals surface area contributed by atoms with Crippen molar-refractivity contribution in [2.75, 3.05) is 0 Å². The molecule has 8 heteroatoms. The predicted octanol–water partition coefficient (Wildman–Crippen LogP) is 2.26. The van der Waals surface area contributed by atoms with Crippen LogP contribution in [0.2, 0.25) is 5.15 Å². The second-order valence-electron chi connectivity index (χ2n) is 3.94. The molecule has 0 fully saturated rings. The molecule has 2 rings (SSSR count). The van der Waals surface area contributed by atoms with Crippen molar-refractivity contribution in [3.63, 3.8) is 0 Å². The Morgan fingerprint density at radius 2 is 2.00 bits per heavy atom. The van der Waals surface area contributed by atoms with Gasteiger partial charge in [-0.1, -0.05) is 23.7 Å². The van der Waals surface area contributed by atoms with Gasteiger partial charge in [0, 0.05) is 0 Å². The molecule has 0 atom stereocenters. The Hall–Kier alpha value is -2.02. The first-order valence-corrected chi connectivity index (χ1v) is 5.84. The smallest absolute Gasteiger partial charge is 0.297 e. The summed E-state index contributed by atoms with van der Waals surface area (Å²) in [5, 5.41) is -0.323. The fourth-order valence-corrected chi connectivity index (χ4v) is 2.01. The molecular formula is C12H8ClF3N2O2. The summed E-state index contributed by atoms with van der Waals surface area (Å²) in [4.78, 5) is 25.6. The van der Waals surface area contributed by atoms with Crippen molar-refractivity contribution < 1.29 is 13.2 Å². The largest absolute Gasteiger partial charge is 0.329 e. The molecule has 0 radical (unpaired) electrons. The van der Waals surface area contributed by atoms with Gasteiger partial charge < -0.3 is 0 Å². The van der Waals surface area contributed by atoms with Crippen LogP contribution in [0.5, 0.6) is 0 Å². The molecule has 2 aromatic rings. The molecule has 4 nitrogen and oxygen atoms in total. The first kappa shape index (κ1) is 14.4. The van der Waals surface area contributed by atoms with Crippen LogP contribution in [0.25, 0.3) is 11.1 Å². The number of halogens is 4. The standard InChI is InChI=1S/C12H8ClF3N2O2/c13-10-9(6-2-1-3-7(14)4-6)11(19)18(5-8(15)16)12(20)17-10/h1-4,8H,5H2,(H,17,20). The lowest BCUT2D eigenvalue weighted by molar-refractivity contribution is 0.123. The maximum absolute atomic E-state index is 13.2. The van der Waals surface area contributed by atoms with E-state index >= 15 is 0 Å². The molecule has 20 heavy (non-hydrogen) atoms. The van der Waals surface area contributed by atoms with Gasteiger partial charge in [0.1, 0.15) is 11.0 Å². The van der Waals surface area contributed by atoms with Gasteiger partial charge >= 0.3 is 5.69 Å². The summed E-state index contributed by atoms with van der Waals surface area (Å²) >= 11 is 5.75. The number of nitrogens with zero attached hydrogens (tertiary/aromatic N) is 1. The van der Waals surface area contributed by atoms with Gasteiger partial charge in [0.25, 0.3) is 12.0 Å². The van der Waals surface area contributed by atoms with Gasteiger partial charge in [0.2, 0.25) is 0 Å². The fourth-order valence-electron chi connectivity index (χ4n) is 1.74. The molecular weight excluding hydrogens is 297 g/mol. The predicted molar refractivity (Wildman–Crippen MR) is 67.7 cm³/mol. The van der Waals surface area contributed by atoms with E-state index in [1.165, 1.54) is 12.1 Å². The molecule has 1 heterocycles. The number of aromatic nitrogens is 2. The number of aromatic amines is 1. The van der Waals surface area contributed by atoms with E-state index in [1.54, 1.807) is 0 Å². The van der Waals surface area contributed by atoms with Crippen molar-refractivity contribution >= 4 is 11.6 Å². The highest BCUT2D eigenvalue weighted by molar-refractivity contribution is 6.32. The van der Waals surface area contributed by atoms with E-state index in [-0.39, 0.29) is 16.3 Å². The van der Waals surface area contributed by atoms with Crippen LogP contribution < -0.4 is 11.2 Å². The molecule has 1 N–H and O–H groups in total. The third-order valence-electron chi connectivity index (χ3n) is 2.57. The Morgan fingerprint density at radius 3 is 2.60 bits per heavy atom. The average Bonchev–Trinajstić information content (AvgIpc) is 2.34. The Balaban J connectivity index is 2.71. The number of nitrogens with one attached hydrogen (secondary N) is 1. The van der Waals surface area contributed by atoms with Gasteiger partial charge in [-0.25, -0.2) is 18.0 Å². The fraction of sp³-hybridized carbons (Fsp3) is 0.167. The zero-order chi connectivity index (χ0) is 14.9. The van der Waals surface area contributed by atoms with Gasteiger partial charge in [0.05, 0.1) is 12.1 Å². The molecule has 0 unspecified atom stereocenters. The number of rotatable bonds is 3. The second kappa shape index (κ2) is 5.54. The highest BCUT2D eigenvalue weighted by Gasteiger charge is 2.17. The van der Waals surface area contributed by atoms with Gasteiger partial charge in [0.15, 0.2) is 0 Å². The normalized spacial score (nSPS) is 11.1. The Morgan fingerprint density at radius 1 is 1.30 bits per heavy atom. The Bertz CT molecular complexity index is 755. The minimum absolute atomic E-state index is 0.0965. The highest BCUT2D eigenvalue weighted by Crippen LogP contribution is 2.22. The highest BCUT2D eigenvalue weighted by atomic mass is 35.5. The van der Waals surface area contributed by atoms with E-state index in [1.807, 2.05) is 0 Å². The summed E-state index contributed by atoms with van der Waals surface area (Å²) in [5.41, 5.74) is -2.17. The molecule has 0 saturated carbocycles. The number of hydrogen-bond acceptors (Lipinski definition) is 2. The second-order valence-corrected chi connectivity index (χ2v) is 4.31. The minimum atomic E-state index is -2.88. The molecule has 0 bridgehead atoms. The van der Waals surface area contributed by atoms with Crippen molar-refractivity contribution in [1.29, 1.82) is 0 Å². The molecule has 0 aliphatic rings. The molecule has 0 aliphatic heterocycles. The topological polar surface area (TPSA) is 54.9 Å². The molecule has 1 aromatic heterocycles. The summed E-state index contributed by atoms with van der Waals surface area (Å²) < 4.78 is 38.2. The lowest BCUT2D eigenvalue weighted by Crippen LogP contribution is -2.38. The molecule has 106 valence electrons.